The Labute approximate surface area is 138 Å². The number of benzene rings is 2. The van der Waals surface area contributed by atoms with E-state index in [4.69, 9.17) is 34.8 Å². The van der Waals surface area contributed by atoms with Crippen LogP contribution in [0.5, 0.6) is 0 Å². The third-order valence-electron chi connectivity index (χ3n) is 2.77. The zero-order valence-corrected chi connectivity index (χ0v) is 13.2. The molecule has 0 fully saturated rings. The van der Waals surface area contributed by atoms with Crippen molar-refractivity contribution in [3.05, 3.63) is 66.2 Å². The zero-order valence-electron chi connectivity index (χ0n) is 10.9. The summed E-state index contributed by atoms with van der Waals surface area (Å²) >= 11 is 17.9. The fourth-order valence-corrected chi connectivity index (χ4v) is 2.36. The summed E-state index contributed by atoms with van der Waals surface area (Å²) < 4.78 is -1.66. The van der Waals surface area contributed by atoms with Crippen molar-refractivity contribution >= 4 is 46.5 Å². The van der Waals surface area contributed by atoms with Crippen LogP contribution in [-0.2, 0) is 0 Å². The standard InChI is InChI=1S/C15H13Cl3N2O/c16-15(17,18)13(11-7-3-1-4-8-11)20-14(21)19-12-9-5-2-6-10-12/h1-10,13H,(H2,19,20,21). The number of anilines is 1. The highest BCUT2D eigenvalue weighted by Crippen LogP contribution is 2.39. The molecule has 3 nitrogen and oxygen atoms in total. The number of halogens is 3. The number of carbonyl (C=O) groups excluding carboxylic acids is 1. The Morgan fingerprint density at radius 1 is 0.905 bits per heavy atom. The Morgan fingerprint density at radius 3 is 1.95 bits per heavy atom. The van der Waals surface area contributed by atoms with Crippen molar-refractivity contribution in [3.8, 4) is 0 Å². The van der Waals surface area contributed by atoms with Gasteiger partial charge >= 0.3 is 6.03 Å². The van der Waals surface area contributed by atoms with E-state index in [1.54, 1.807) is 24.3 Å². The van der Waals surface area contributed by atoms with E-state index in [1.165, 1.54) is 0 Å². The summed E-state index contributed by atoms with van der Waals surface area (Å²) in [5.74, 6) is 0. The van der Waals surface area contributed by atoms with Crippen molar-refractivity contribution < 1.29 is 4.79 Å². The Bertz CT molecular complexity index is 585. The van der Waals surface area contributed by atoms with Gasteiger partial charge in [0.05, 0.1) is 0 Å². The van der Waals surface area contributed by atoms with Gasteiger partial charge in [-0.25, -0.2) is 4.79 Å². The predicted octanol–water partition coefficient (Wildman–Crippen LogP) is 4.92. The molecule has 0 spiro atoms. The Kier molecular flexibility index (Phi) is 5.34. The van der Waals surface area contributed by atoms with Crippen LogP contribution >= 0.6 is 34.8 Å². The lowest BCUT2D eigenvalue weighted by molar-refractivity contribution is 0.248. The highest BCUT2D eigenvalue weighted by Gasteiger charge is 2.35. The first kappa shape index (κ1) is 16.0. The van der Waals surface area contributed by atoms with Crippen molar-refractivity contribution in [2.24, 2.45) is 0 Å². The van der Waals surface area contributed by atoms with Crippen molar-refractivity contribution in [2.75, 3.05) is 5.32 Å². The Balaban J connectivity index is 2.11. The van der Waals surface area contributed by atoms with E-state index < -0.39 is 15.9 Å². The van der Waals surface area contributed by atoms with Gasteiger partial charge in [-0.05, 0) is 17.7 Å². The van der Waals surface area contributed by atoms with Gasteiger partial charge in [0.2, 0.25) is 3.79 Å². The third kappa shape index (κ3) is 4.81. The minimum absolute atomic E-state index is 0.443. The van der Waals surface area contributed by atoms with Crippen LogP contribution < -0.4 is 10.6 Å². The number of nitrogens with one attached hydrogen (secondary N) is 2. The molecule has 0 aliphatic carbocycles. The lowest BCUT2D eigenvalue weighted by atomic mass is 10.1. The number of amides is 2. The summed E-state index contributed by atoms with van der Waals surface area (Å²) in [6, 6.07) is 16.9. The quantitative estimate of drug-likeness (QED) is 0.763. The fraction of sp³-hybridized carbons (Fsp3) is 0.133. The molecule has 0 saturated heterocycles. The molecular weight excluding hydrogens is 331 g/mol. The fourth-order valence-electron chi connectivity index (χ4n) is 1.82. The largest absolute Gasteiger partial charge is 0.327 e. The summed E-state index contributed by atoms with van der Waals surface area (Å²) in [5, 5.41) is 5.36. The average molecular weight is 344 g/mol. The van der Waals surface area contributed by atoms with Crippen LogP contribution in [0.3, 0.4) is 0 Å². The van der Waals surface area contributed by atoms with Gasteiger partial charge in [0.25, 0.3) is 0 Å². The molecule has 0 bridgehead atoms. The number of carbonyl (C=O) groups is 1. The maximum atomic E-state index is 12.0. The lowest BCUT2D eigenvalue weighted by Gasteiger charge is -2.26. The highest BCUT2D eigenvalue weighted by atomic mass is 35.6. The normalized spacial score (nSPS) is 12.5. The van der Waals surface area contributed by atoms with Crippen LogP contribution in [0.2, 0.25) is 0 Å². The van der Waals surface area contributed by atoms with Gasteiger partial charge in [-0.15, -0.1) is 0 Å². The average Bonchev–Trinajstić information content (AvgIpc) is 2.45. The van der Waals surface area contributed by atoms with Crippen LogP contribution in [0.4, 0.5) is 10.5 Å². The zero-order chi connectivity index (χ0) is 15.3. The molecule has 2 aromatic rings. The summed E-state index contributed by atoms with van der Waals surface area (Å²) in [7, 11) is 0. The second-order valence-corrected chi connectivity index (χ2v) is 6.72. The molecule has 0 saturated carbocycles. The van der Waals surface area contributed by atoms with Crippen molar-refractivity contribution in [1.29, 1.82) is 0 Å². The molecule has 0 heterocycles. The van der Waals surface area contributed by atoms with Gasteiger partial charge in [-0.2, -0.15) is 0 Å². The van der Waals surface area contributed by atoms with E-state index in [1.807, 2.05) is 36.4 Å². The maximum Gasteiger partial charge on any atom is 0.319 e. The molecule has 2 N–H and O–H groups in total. The second kappa shape index (κ2) is 7.03. The lowest BCUT2D eigenvalue weighted by Crippen LogP contribution is -2.39. The summed E-state index contributed by atoms with van der Waals surface area (Å²) in [6.45, 7) is 0. The molecule has 21 heavy (non-hydrogen) atoms. The smallest absolute Gasteiger partial charge is 0.319 e. The predicted molar refractivity (Wildman–Crippen MR) is 88.1 cm³/mol. The van der Waals surface area contributed by atoms with Crippen LogP contribution in [-0.4, -0.2) is 9.82 Å². The molecule has 1 atom stereocenters. The Hall–Kier alpha value is -1.42. The molecular formula is C15H13Cl3N2O. The van der Waals surface area contributed by atoms with Gasteiger partial charge in [-0.3, -0.25) is 0 Å². The van der Waals surface area contributed by atoms with Gasteiger partial charge in [0.1, 0.15) is 6.04 Å². The van der Waals surface area contributed by atoms with Gasteiger partial charge in [0, 0.05) is 5.69 Å². The molecule has 2 amide bonds. The first-order valence-electron chi connectivity index (χ1n) is 6.21. The Morgan fingerprint density at radius 2 is 1.43 bits per heavy atom. The number of urea groups is 1. The molecule has 2 aromatic carbocycles. The minimum atomic E-state index is -1.66. The van der Waals surface area contributed by atoms with Gasteiger partial charge in [-0.1, -0.05) is 83.3 Å². The van der Waals surface area contributed by atoms with Crippen molar-refractivity contribution in [2.45, 2.75) is 9.83 Å². The van der Waals surface area contributed by atoms with E-state index in [-0.39, 0.29) is 0 Å². The summed E-state index contributed by atoms with van der Waals surface area (Å²) in [5.41, 5.74) is 1.37. The number of para-hydroxylation sites is 1. The van der Waals surface area contributed by atoms with Crippen molar-refractivity contribution in [3.63, 3.8) is 0 Å². The number of rotatable bonds is 3. The number of alkyl halides is 3. The van der Waals surface area contributed by atoms with Crippen LogP contribution in [0.15, 0.2) is 60.7 Å². The van der Waals surface area contributed by atoms with E-state index >= 15 is 0 Å². The van der Waals surface area contributed by atoms with Crippen molar-refractivity contribution in [1.82, 2.24) is 5.32 Å². The first-order chi connectivity index (χ1) is 9.97. The molecule has 6 heteroatoms. The number of hydrogen-bond acceptors (Lipinski definition) is 1. The minimum Gasteiger partial charge on any atom is -0.327 e. The monoisotopic (exact) mass is 342 g/mol. The van der Waals surface area contributed by atoms with Crippen LogP contribution in [0, 0.1) is 0 Å². The maximum absolute atomic E-state index is 12.0. The van der Waals surface area contributed by atoms with E-state index in [9.17, 15) is 4.79 Å². The molecule has 2 rings (SSSR count). The highest BCUT2D eigenvalue weighted by molar-refractivity contribution is 6.68. The summed E-state index contributed by atoms with van der Waals surface area (Å²) in [4.78, 5) is 12.0. The first-order valence-corrected chi connectivity index (χ1v) is 7.34. The SMILES string of the molecule is O=C(Nc1ccccc1)NC(c1ccccc1)C(Cl)(Cl)Cl. The van der Waals surface area contributed by atoms with E-state index in [0.717, 1.165) is 0 Å². The number of hydrogen-bond donors (Lipinski definition) is 2. The molecule has 0 aliphatic heterocycles. The van der Waals surface area contributed by atoms with Crippen LogP contribution in [0.1, 0.15) is 11.6 Å². The van der Waals surface area contributed by atoms with Gasteiger partial charge < -0.3 is 10.6 Å². The summed E-state index contributed by atoms with van der Waals surface area (Å²) in [6.07, 6.45) is 0. The van der Waals surface area contributed by atoms with Gasteiger partial charge in [0.15, 0.2) is 0 Å². The molecule has 0 aliphatic rings. The third-order valence-corrected chi connectivity index (χ3v) is 3.42. The molecule has 0 aromatic heterocycles. The second-order valence-electron chi connectivity index (χ2n) is 4.35. The molecule has 1 unspecified atom stereocenters. The van der Waals surface area contributed by atoms with E-state index in [2.05, 4.69) is 10.6 Å². The topological polar surface area (TPSA) is 41.1 Å². The molecule has 110 valence electrons. The van der Waals surface area contributed by atoms with E-state index in [0.29, 0.717) is 11.3 Å². The van der Waals surface area contributed by atoms with Crippen LogP contribution in [0.25, 0.3) is 0 Å². The molecule has 0 radical (unpaired) electrons.